The maximum Gasteiger partial charge on any atom is 0.237 e. The van der Waals surface area contributed by atoms with Gasteiger partial charge in [0.1, 0.15) is 0 Å². The zero-order chi connectivity index (χ0) is 21.8. The van der Waals surface area contributed by atoms with Crippen LogP contribution >= 0.6 is 11.3 Å². The lowest BCUT2D eigenvalue weighted by molar-refractivity contribution is -0.132. The van der Waals surface area contributed by atoms with E-state index in [2.05, 4.69) is 20.0 Å². The van der Waals surface area contributed by atoms with E-state index in [1.165, 1.54) is 0 Å². The van der Waals surface area contributed by atoms with Crippen LogP contribution in [0, 0.1) is 13.8 Å². The Hall–Kier alpha value is -2.62. The Balaban J connectivity index is 1.49. The molecular formula is C22H28N6O2S. The summed E-state index contributed by atoms with van der Waals surface area (Å²) in [4.78, 5) is 25.8. The van der Waals surface area contributed by atoms with Crippen LogP contribution in [0.3, 0.4) is 0 Å². The molecule has 0 saturated carbocycles. The van der Waals surface area contributed by atoms with E-state index in [9.17, 15) is 4.79 Å². The third kappa shape index (κ3) is 5.75. The van der Waals surface area contributed by atoms with Gasteiger partial charge in [0.05, 0.1) is 42.2 Å². The Morgan fingerprint density at radius 2 is 2.00 bits per heavy atom. The molecule has 1 fully saturated rings. The van der Waals surface area contributed by atoms with Gasteiger partial charge in [0.15, 0.2) is 0 Å². The molecule has 9 heteroatoms. The molecule has 1 saturated heterocycles. The Kier molecular flexibility index (Phi) is 6.74. The molecule has 1 aliphatic rings. The number of thiazole rings is 1. The standard InChI is InChI=1S/C22H28N6O2S/c1-16-19(8-26(3)25-16)9-27-11-21(30-14-18-4-6-23-7-5-18)12-28(22(29)13-27)10-20-15-31-17(2)24-20/h4-8,15,21H,9-14H2,1-3H3/t21-/m1/s1. The zero-order valence-corrected chi connectivity index (χ0v) is 19.0. The topological polar surface area (TPSA) is 76.4 Å². The molecule has 1 aliphatic heterocycles. The largest absolute Gasteiger partial charge is 0.370 e. The Bertz CT molecular complexity index is 1020. The van der Waals surface area contributed by atoms with E-state index in [-0.39, 0.29) is 12.0 Å². The number of aromatic nitrogens is 4. The van der Waals surface area contributed by atoms with E-state index >= 15 is 0 Å². The minimum atomic E-state index is -0.101. The average molecular weight is 441 g/mol. The van der Waals surface area contributed by atoms with Crippen molar-refractivity contribution in [2.24, 2.45) is 7.05 Å². The van der Waals surface area contributed by atoms with Crippen LogP contribution < -0.4 is 0 Å². The molecule has 0 spiro atoms. The van der Waals surface area contributed by atoms with Gasteiger partial charge in [-0.25, -0.2) is 4.98 Å². The maximum absolute atomic E-state index is 13.1. The van der Waals surface area contributed by atoms with Crippen molar-refractivity contribution in [1.29, 1.82) is 0 Å². The number of nitrogens with zero attached hydrogens (tertiary/aromatic N) is 6. The molecule has 3 aromatic rings. The molecular weight excluding hydrogens is 412 g/mol. The minimum absolute atomic E-state index is 0.0993. The van der Waals surface area contributed by atoms with Gasteiger partial charge in [-0.2, -0.15) is 5.10 Å². The summed E-state index contributed by atoms with van der Waals surface area (Å²) in [6.07, 6.45) is 5.46. The second-order valence-corrected chi connectivity index (χ2v) is 9.07. The molecule has 164 valence electrons. The summed E-state index contributed by atoms with van der Waals surface area (Å²) in [5.74, 6) is 0.0993. The first-order valence-corrected chi connectivity index (χ1v) is 11.2. The van der Waals surface area contributed by atoms with Gasteiger partial charge >= 0.3 is 0 Å². The van der Waals surface area contributed by atoms with Gasteiger partial charge in [-0.1, -0.05) is 0 Å². The van der Waals surface area contributed by atoms with Crippen LogP contribution in [0.4, 0.5) is 0 Å². The molecule has 4 heterocycles. The Morgan fingerprint density at radius 1 is 1.19 bits per heavy atom. The number of rotatable bonds is 7. The van der Waals surface area contributed by atoms with Crippen LogP contribution in [-0.2, 0) is 36.3 Å². The van der Waals surface area contributed by atoms with Crippen molar-refractivity contribution in [2.75, 3.05) is 19.6 Å². The van der Waals surface area contributed by atoms with Crippen molar-refractivity contribution in [3.05, 3.63) is 63.6 Å². The van der Waals surface area contributed by atoms with Gasteiger partial charge in [-0.3, -0.25) is 19.4 Å². The molecule has 31 heavy (non-hydrogen) atoms. The molecule has 1 atom stereocenters. The lowest BCUT2D eigenvalue weighted by Crippen LogP contribution is -2.37. The number of pyridine rings is 1. The molecule has 0 N–H and O–H groups in total. The van der Waals surface area contributed by atoms with E-state index in [0.717, 1.165) is 27.5 Å². The van der Waals surface area contributed by atoms with E-state index in [0.29, 0.717) is 39.3 Å². The molecule has 4 rings (SSSR count). The van der Waals surface area contributed by atoms with Gasteiger partial charge in [-0.15, -0.1) is 11.3 Å². The maximum atomic E-state index is 13.1. The fraction of sp³-hybridized carbons (Fsp3) is 0.455. The molecule has 8 nitrogen and oxygen atoms in total. The van der Waals surface area contributed by atoms with Gasteiger partial charge in [-0.05, 0) is 31.5 Å². The summed E-state index contributed by atoms with van der Waals surface area (Å²) in [6.45, 7) is 7.24. The summed E-state index contributed by atoms with van der Waals surface area (Å²) in [5, 5.41) is 7.47. The predicted octanol–water partition coefficient (Wildman–Crippen LogP) is 2.32. The molecule has 0 radical (unpaired) electrons. The second kappa shape index (κ2) is 9.67. The van der Waals surface area contributed by atoms with Crippen molar-refractivity contribution in [3.63, 3.8) is 0 Å². The first-order chi connectivity index (χ1) is 15.0. The molecule has 0 bridgehead atoms. The Morgan fingerprint density at radius 3 is 2.68 bits per heavy atom. The third-order valence-corrected chi connectivity index (χ3v) is 6.18. The highest BCUT2D eigenvalue weighted by atomic mass is 32.1. The van der Waals surface area contributed by atoms with Crippen LogP contribution in [0.25, 0.3) is 0 Å². The summed E-state index contributed by atoms with van der Waals surface area (Å²) < 4.78 is 8.09. The number of aryl methyl sites for hydroxylation is 3. The molecule has 0 unspecified atom stereocenters. The SMILES string of the molecule is Cc1nc(CN2C[C@H](OCc3ccncc3)CN(Cc3cn(C)nc3C)CC2=O)cs1. The molecule has 1 amide bonds. The zero-order valence-electron chi connectivity index (χ0n) is 18.2. The van der Waals surface area contributed by atoms with Gasteiger partial charge in [0.25, 0.3) is 0 Å². The van der Waals surface area contributed by atoms with Crippen molar-refractivity contribution in [2.45, 2.75) is 39.6 Å². The summed E-state index contributed by atoms with van der Waals surface area (Å²) in [6, 6.07) is 3.91. The first kappa shape index (κ1) is 21.6. The first-order valence-electron chi connectivity index (χ1n) is 10.4. The summed E-state index contributed by atoms with van der Waals surface area (Å²) in [7, 11) is 1.92. The monoisotopic (exact) mass is 440 g/mol. The van der Waals surface area contributed by atoms with Crippen LogP contribution in [-0.4, -0.2) is 61.2 Å². The molecule has 0 aliphatic carbocycles. The highest BCUT2D eigenvalue weighted by Crippen LogP contribution is 2.18. The predicted molar refractivity (Wildman–Crippen MR) is 118 cm³/mol. The summed E-state index contributed by atoms with van der Waals surface area (Å²) >= 11 is 1.61. The Labute approximate surface area is 186 Å². The fourth-order valence-electron chi connectivity index (χ4n) is 3.84. The quantitative estimate of drug-likeness (QED) is 0.561. The number of carbonyl (C=O) groups excluding carboxylic acids is 1. The van der Waals surface area contributed by atoms with E-state index < -0.39 is 0 Å². The smallest absolute Gasteiger partial charge is 0.237 e. The fourth-order valence-corrected chi connectivity index (χ4v) is 4.45. The van der Waals surface area contributed by atoms with Crippen molar-refractivity contribution >= 4 is 17.2 Å². The highest BCUT2D eigenvalue weighted by molar-refractivity contribution is 7.09. The highest BCUT2D eigenvalue weighted by Gasteiger charge is 2.29. The lowest BCUT2D eigenvalue weighted by Gasteiger charge is -2.24. The second-order valence-electron chi connectivity index (χ2n) is 8.00. The molecule has 0 aromatic carbocycles. The van der Waals surface area contributed by atoms with Crippen LogP contribution in [0.2, 0.25) is 0 Å². The van der Waals surface area contributed by atoms with E-state index in [1.807, 2.05) is 54.2 Å². The number of hydrogen-bond acceptors (Lipinski definition) is 7. The third-order valence-electron chi connectivity index (χ3n) is 5.36. The number of hydrogen-bond donors (Lipinski definition) is 0. The number of carbonyl (C=O) groups is 1. The summed E-state index contributed by atoms with van der Waals surface area (Å²) in [5.41, 5.74) is 4.12. The van der Waals surface area contributed by atoms with Crippen LogP contribution in [0.1, 0.15) is 27.5 Å². The van der Waals surface area contributed by atoms with Crippen molar-refractivity contribution in [3.8, 4) is 0 Å². The molecule has 3 aromatic heterocycles. The van der Waals surface area contributed by atoms with E-state index in [1.54, 1.807) is 23.7 Å². The van der Waals surface area contributed by atoms with Crippen LogP contribution in [0.5, 0.6) is 0 Å². The van der Waals surface area contributed by atoms with Crippen LogP contribution in [0.15, 0.2) is 36.1 Å². The number of ether oxygens (including phenoxy) is 1. The van der Waals surface area contributed by atoms with Crippen molar-refractivity contribution in [1.82, 2.24) is 29.5 Å². The van der Waals surface area contributed by atoms with Gasteiger partial charge in [0.2, 0.25) is 5.91 Å². The normalized spacial score (nSPS) is 17.8. The van der Waals surface area contributed by atoms with Gasteiger partial charge in [0, 0.05) is 56.2 Å². The average Bonchev–Trinajstić information content (AvgIpc) is 3.25. The van der Waals surface area contributed by atoms with E-state index in [4.69, 9.17) is 4.74 Å². The van der Waals surface area contributed by atoms with Gasteiger partial charge < -0.3 is 9.64 Å². The minimum Gasteiger partial charge on any atom is -0.370 e. The number of amides is 1. The lowest BCUT2D eigenvalue weighted by atomic mass is 10.2. The van der Waals surface area contributed by atoms with Crippen molar-refractivity contribution < 1.29 is 9.53 Å².